The topological polar surface area (TPSA) is 28.2 Å². The third-order valence-corrected chi connectivity index (χ3v) is 4.21. The molecule has 0 saturated heterocycles. The van der Waals surface area contributed by atoms with Gasteiger partial charge in [0.15, 0.2) is 0 Å². The molecule has 1 N–H and O–H groups in total. The highest BCUT2D eigenvalue weighted by atomic mass is 15.1. The lowest BCUT2D eigenvalue weighted by molar-refractivity contribution is 0.158. The zero-order valence-electron chi connectivity index (χ0n) is 11.8. The molecule has 1 atom stereocenters. The van der Waals surface area contributed by atoms with E-state index in [1.54, 1.807) is 0 Å². The Hall–Kier alpha value is -0.930. The first kappa shape index (κ1) is 13.5. The van der Waals surface area contributed by atoms with Crippen molar-refractivity contribution in [2.75, 3.05) is 21.1 Å². The van der Waals surface area contributed by atoms with Crippen LogP contribution in [-0.4, -0.2) is 37.1 Å². The van der Waals surface area contributed by atoms with Crippen molar-refractivity contribution in [1.82, 2.24) is 15.2 Å². The van der Waals surface area contributed by atoms with Gasteiger partial charge in [0.25, 0.3) is 0 Å². The number of aromatic nitrogens is 1. The smallest absolute Gasteiger partial charge is 0.0385 e. The van der Waals surface area contributed by atoms with Gasteiger partial charge in [-0.15, -0.1) is 0 Å². The predicted molar refractivity (Wildman–Crippen MR) is 75.5 cm³/mol. The highest BCUT2D eigenvalue weighted by Gasteiger charge is 2.29. The van der Waals surface area contributed by atoms with Gasteiger partial charge in [-0.1, -0.05) is 6.07 Å². The highest BCUT2D eigenvalue weighted by Crippen LogP contribution is 2.36. The lowest BCUT2D eigenvalue weighted by Crippen LogP contribution is -2.35. The molecule has 3 nitrogen and oxygen atoms in total. The average molecular weight is 247 g/mol. The molecule has 0 aliphatic heterocycles. The second-order valence-electron chi connectivity index (χ2n) is 5.60. The number of nitrogens with one attached hydrogen (secondary N) is 1. The first-order chi connectivity index (χ1) is 8.72. The van der Waals surface area contributed by atoms with Gasteiger partial charge in [-0.05, 0) is 64.4 Å². The molecule has 1 aromatic rings. The number of rotatable bonds is 4. The molecule has 0 amide bonds. The van der Waals surface area contributed by atoms with Crippen LogP contribution in [-0.2, 0) is 0 Å². The van der Waals surface area contributed by atoms with E-state index in [9.17, 15) is 0 Å². The summed E-state index contributed by atoms with van der Waals surface area (Å²) >= 11 is 0. The molecule has 1 unspecified atom stereocenters. The van der Waals surface area contributed by atoms with Crippen LogP contribution in [0, 0.1) is 5.92 Å². The van der Waals surface area contributed by atoms with Gasteiger partial charge >= 0.3 is 0 Å². The Labute approximate surface area is 111 Å². The van der Waals surface area contributed by atoms with Crippen molar-refractivity contribution in [2.24, 2.45) is 5.92 Å². The maximum absolute atomic E-state index is 4.27. The van der Waals surface area contributed by atoms with Crippen LogP contribution in [0.15, 0.2) is 24.5 Å². The Morgan fingerprint density at radius 2 is 2.00 bits per heavy atom. The van der Waals surface area contributed by atoms with Gasteiger partial charge < -0.3 is 10.2 Å². The maximum Gasteiger partial charge on any atom is 0.0385 e. The van der Waals surface area contributed by atoms with Gasteiger partial charge in [-0.3, -0.25) is 4.98 Å². The van der Waals surface area contributed by atoms with Crippen LogP contribution in [0.3, 0.4) is 0 Å². The Balaban J connectivity index is 2.08. The van der Waals surface area contributed by atoms with E-state index in [0.717, 1.165) is 12.0 Å². The van der Waals surface area contributed by atoms with Crippen LogP contribution in [0.1, 0.15) is 37.3 Å². The normalized spacial score (nSPS) is 26.2. The van der Waals surface area contributed by atoms with Crippen LogP contribution in [0.2, 0.25) is 0 Å². The van der Waals surface area contributed by atoms with E-state index in [2.05, 4.69) is 42.4 Å². The highest BCUT2D eigenvalue weighted by molar-refractivity contribution is 5.15. The molecule has 1 aliphatic carbocycles. The molecule has 100 valence electrons. The molecule has 1 saturated carbocycles. The fraction of sp³-hybridized carbons (Fsp3) is 0.667. The number of pyridine rings is 1. The SMILES string of the molecule is CNC1CCC(C(c2cccnc2)N(C)C)CC1. The van der Waals surface area contributed by atoms with E-state index in [1.165, 1.54) is 31.2 Å². The fourth-order valence-corrected chi connectivity index (χ4v) is 3.27. The van der Waals surface area contributed by atoms with Crippen molar-refractivity contribution in [3.05, 3.63) is 30.1 Å². The third-order valence-electron chi connectivity index (χ3n) is 4.21. The molecular formula is C15H25N3. The Kier molecular flexibility index (Phi) is 4.72. The Morgan fingerprint density at radius 3 is 2.50 bits per heavy atom. The summed E-state index contributed by atoms with van der Waals surface area (Å²) in [5.74, 6) is 0.758. The summed E-state index contributed by atoms with van der Waals surface area (Å²) in [6.45, 7) is 0. The zero-order valence-corrected chi connectivity index (χ0v) is 11.8. The largest absolute Gasteiger partial charge is 0.317 e. The van der Waals surface area contributed by atoms with Crippen LogP contribution < -0.4 is 5.32 Å². The van der Waals surface area contributed by atoms with Gasteiger partial charge in [0.2, 0.25) is 0 Å². The van der Waals surface area contributed by atoms with Crippen molar-refractivity contribution < 1.29 is 0 Å². The number of hydrogen-bond acceptors (Lipinski definition) is 3. The lowest BCUT2D eigenvalue weighted by Gasteiger charge is -2.37. The van der Waals surface area contributed by atoms with Gasteiger partial charge in [-0.2, -0.15) is 0 Å². The molecule has 0 aromatic carbocycles. The molecule has 0 spiro atoms. The second-order valence-corrected chi connectivity index (χ2v) is 5.60. The van der Waals surface area contributed by atoms with Gasteiger partial charge in [0.1, 0.15) is 0 Å². The van der Waals surface area contributed by atoms with Crippen LogP contribution in [0.5, 0.6) is 0 Å². The van der Waals surface area contributed by atoms with E-state index in [-0.39, 0.29) is 0 Å². The quantitative estimate of drug-likeness (QED) is 0.886. The summed E-state index contributed by atoms with van der Waals surface area (Å²) < 4.78 is 0. The van der Waals surface area contributed by atoms with Crippen molar-refractivity contribution in [2.45, 2.75) is 37.8 Å². The van der Waals surface area contributed by atoms with Gasteiger partial charge in [0, 0.05) is 24.5 Å². The Bertz CT molecular complexity index is 342. The first-order valence-corrected chi connectivity index (χ1v) is 6.96. The molecule has 2 rings (SSSR count). The van der Waals surface area contributed by atoms with Crippen molar-refractivity contribution in [1.29, 1.82) is 0 Å². The Morgan fingerprint density at radius 1 is 1.28 bits per heavy atom. The van der Waals surface area contributed by atoms with Gasteiger partial charge in [-0.25, -0.2) is 0 Å². The molecule has 18 heavy (non-hydrogen) atoms. The standard InChI is InChI=1S/C15H25N3/c1-16-14-8-6-12(7-9-14)15(18(2)3)13-5-4-10-17-11-13/h4-5,10-12,14-16H,6-9H2,1-3H3. The zero-order chi connectivity index (χ0) is 13.0. The molecule has 1 aromatic heterocycles. The summed E-state index contributed by atoms with van der Waals surface area (Å²) in [7, 11) is 6.44. The van der Waals surface area contributed by atoms with Crippen LogP contribution in [0.25, 0.3) is 0 Å². The minimum absolute atomic E-state index is 0.511. The molecule has 1 heterocycles. The van der Waals surface area contributed by atoms with Crippen LogP contribution in [0.4, 0.5) is 0 Å². The minimum atomic E-state index is 0.511. The van der Waals surface area contributed by atoms with Gasteiger partial charge in [0.05, 0.1) is 0 Å². The van der Waals surface area contributed by atoms with Crippen molar-refractivity contribution in [3.63, 3.8) is 0 Å². The van der Waals surface area contributed by atoms with E-state index < -0.39 is 0 Å². The third kappa shape index (κ3) is 3.09. The first-order valence-electron chi connectivity index (χ1n) is 6.96. The fourth-order valence-electron chi connectivity index (χ4n) is 3.27. The van der Waals surface area contributed by atoms with Crippen molar-refractivity contribution >= 4 is 0 Å². The summed E-state index contributed by atoms with van der Waals surface area (Å²) in [5, 5.41) is 3.41. The number of hydrogen-bond donors (Lipinski definition) is 1. The molecular weight excluding hydrogens is 222 g/mol. The maximum atomic E-state index is 4.27. The van der Waals surface area contributed by atoms with E-state index in [4.69, 9.17) is 0 Å². The summed E-state index contributed by atoms with van der Waals surface area (Å²) in [4.78, 5) is 6.62. The summed E-state index contributed by atoms with van der Waals surface area (Å²) in [5.41, 5.74) is 1.36. The summed E-state index contributed by atoms with van der Waals surface area (Å²) in [6.07, 6.45) is 9.09. The molecule has 1 aliphatic rings. The molecule has 1 fully saturated rings. The van der Waals surface area contributed by atoms with Crippen molar-refractivity contribution in [3.8, 4) is 0 Å². The lowest BCUT2D eigenvalue weighted by atomic mass is 9.79. The van der Waals surface area contributed by atoms with Crippen LogP contribution >= 0.6 is 0 Å². The number of nitrogens with zero attached hydrogens (tertiary/aromatic N) is 2. The van der Waals surface area contributed by atoms with E-state index in [0.29, 0.717) is 6.04 Å². The molecule has 0 radical (unpaired) electrons. The molecule has 0 bridgehead atoms. The minimum Gasteiger partial charge on any atom is -0.317 e. The summed E-state index contributed by atoms with van der Waals surface area (Å²) in [6, 6.07) is 5.49. The monoisotopic (exact) mass is 247 g/mol. The molecule has 3 heteroatoms. The second kappa shape index (κ2) is 6.30. The van der Waals surface area contributed by atoms with E-state index in [1.807, 2.05) is 18.5 Å². The predicted octanol–water partition coefficient (Wildman–Crippen LogP) is 2.46. The van der Waals surface area contributed by atoms with E-state index >= 15 is 0 Å². The average Bonchev–Trinajstić information content (AvgIpc) is 2.40.